The van der Waals surface area contributed by atoms with Gasteiger partial charge in [-0.3, -0.25) is 5.43 Å². The van der Waals surface area contributed by atoms with E-state index in [0.29, 0.717) is 22.9 Å². The molecule has 3 N–H and O–H groups in total. The highest BCUT2D eigenvalue weighted by molar-refractivity contribution is 9.10. The van der Waals surface area contributed by atoms with Gasteiger partial charge in [-0.2, -0.15) is 10.1 Å². The topological polar surface area (TPSA) is 152 Å². The van der Waals surface area contributed by atoms with Crippen LogP contribution in [0.2, 0.25) is 5.02 Å². The third kappa shape index (κ3) is 4.98. The molecular formula is C22H13BrClN7O4. The van der Waals surface area contributed by atoms with Gasteiger partial charge < -0.3 is 14.8 Å². The van der Waals surface area contributed by atoms with Crippen molar-refractivity contribution in [1.29, 1.82) is 0 Å². The number of aromatic carboxylic acids is 1. The number of hydrogen-bond donors (Lipinski definition) is 3. The maximum absolute atomic E-state index is 11.3. The van der Waals surface area contributed by atoms with Crippen molar-refractivity contribution in [2.45, 2.75) is 0 Å². The minimum atomic E-state index is -1.12. The van der Waals surface area contributed by atoms with Crippen molar-refractivity contribution in [2.24, 2.45) is 5.10 Å². The van der Waals surface area contributed by atoms with Gasteiger partial charge in [0.25, 0.3) is 0 Å². The number of rotatable bonds is 7. The van der Waals surface area contributed by atoms with Crippen LogP contribution in [-0.2, 0) is 0 Å². The Hall–Kier alpha value is -4.29. The molecule has 0 spiro atoms. The van der Waals surface area contributed by atoms with E-state index in [1.807, 2.05) is 24.3 Å². The second-order valence-electron chi connectivity index (χ2n) is 7.04. The molecule has 13 heteroatoms. The number of nitrogens with zero attached hydrogens (tertiary/aromatic N) is 5. The van der Waals surface area contributed by atoms with Crippen LogP contribution in [0.5, 0.6) is 0 Å². The molecule has 5 rings (SSSR count). The van der Waals surface area contributed by atoms with Gasteiger partial charge in [-0.25, -0.2) is 14.4 Å². The van der Waals surface area contributed by atoms with Crippen molar-refractivity contribution >= 4 is 68.3 Å². The van der Waals surface area contributed by atoms with E-state index in [0.717, 1.165) is 10.2 Å². The van der Waals surface area contributed by atoms with E-state index in [1.54, 1.807) is 18.2 Å². The van der Waals surface area contributed by atoms with Gasteiger partial charge in [0, 0.05) is 15.7 Å². The van der Waals surface area contributed by atoms with Crippen molar-refractivity contribution in [3.63, 3.8) is 0 Å². The number of furan rings is 1. The lowest BCUT2D eigenvalue weighted by Crippen LogP contribution is -2.03. The van der Waals surface area contributed by atoms with Crippen LogP contribution in [-0.4, -0.2) is 37.6 Å². The smallest absolute Gasteiger partial charge is 0.337 e. The third-order valence-corrected chi connectivity index (χ3v) is 5.55. The van der Waals surface area contributed by atoms with E-state index in [2.05, 4.69) is 52.1 Å². The summed E-state index contributed by atoms with van der Waals surface area (Å²) in [7, 11) is 0. The minimum absolute atomic E-state index is 0.0143. The monoisotopic (exact) mass is 553 g/mol. The number of hydrogen-bond acceptors (Lipinski definition) is 10. The summed E-state index contributed by atoms with van der Waals surface area (Å²) >= 11 is 9.34. The summed E-state index contributed by atoms with van der Waals surface area (Å²) in [6.07, 6.45) is 1.44. The Kier molecular flexibility index (Phi) is 6.12. The number of carbonyl (C=O) groups is 1. The quantitative estimate of drug-likeness (QED) is 0.172. The van der Waals surface area contributed by atoms with Crippen LogP contribution in [0.15, 0.2) is 73.2 Å². The summed E-state index contributed by atoms with van der Waals surface area (Å²) in [6, 6.07) is 15.5. The lowest BCUT2D eigenvalue weighted by Gasteiger charge is -2.09. The molecule has 5 aromatic rings. The molecule has 3 heterocycles. The number of aromatic nitrogens is 4. The van der Waals surface area contributed by atoms with Crippen molar-refractivity contribution in [2.75, 3.05) is 10.7 Å². The molecule has 0 atom stereocenters. The SMILES string of the molecule is O=C(O)c1cc(-c2ccc(/C=N/Nc3nc4nonc4nc3Nc3ccc(Br)cc3)o2)ccc1Cl. The van der Waals surface area contributed by atoms with Crippen LogP contribution in [0.1, 0.15) is 16.1 Å². The van der Waals surface area contributed by atoms with Crippen LogP contribution in [0.25, 0.3) is 22.6 Å². The number of fused-ring (bicyclic) bond motifs is 1. The fraction of sp³-hybridized carbons (Fsp3) is 0. The molecule has 174 valence electrons. The predicted molar refractivity (Wildman–Crippen MR) is 132 cm³/mol. The largest absolute Gasteiger partial charge is 0.478 e. The first kappa shape index (κ1) is 22.5. The van der Waals surface area contributed by atoms with E-state index < -0.39 is 5.97 Å². The molecule has 35 heavy (non-hydrogen) atoms. The Morgan fingerprint density at radius 2 is 1.77 bits per heavy atom. The predicted octanol–water partition coefficient (Wildman–Crippen LogP) is 5.58. The zero-order valence-electron chi connectivity index (χ0n) is 17.4. The average Bonchev–Trinajstić information content (AvgIpc) is 3.50. The zero-order chi connectivity index (χ0) is 24.4. The summed E-state index contributed by atoms with van der Waals surface area (Å²) in [4.78, 5) is 20.1. The number of benzene rings is 2. The van der Waals surface area contributed by atoms with E-state index in [4.69, 9.17) is 20.6 Å². The average molecular weight is 555 g/mol. The summed E-state index contributed by atoms with van der Waals surface area (Å²) in [5.74, 6) is 0.387. The maximum Gasteiger partial charge on any atom is 0.337 e. The number of carboxylic acid groups (broad SMARTS) is 1. The minimum Gasteiger partial charge on any atom is -0.478 e. The fourth-order valence-corrected chi connectivity index (χ4v) is 3.51. The van der Waals surface area contributed by atoms with Gasteiger partial charge in [-0.1, -0.05) is 27.5 Å². The molecule has 0 fully saturated rings. The molecule has 3 aromatic heterocycles. The van der Waals surface area contributed by atoms with Crippen LogP contribution in [0.3, 0.4) is 0 Å². The zero-order valence-corrected chi connectivity index (χ0v) is 19.8. The standard InChI is InChI=1S/C22H13BrClN7O4/c23-12-2-4-13(5-3-12)26-18-19(28-21-20(27-18)30-35-31-21)29-25-10-14-6-8-17(34-14)11-1-7-16(24)15(9-11)22(32)33/h1-10H,(H,32,33)(H,26,27,30)(H,28,29,31)/b25-10+. The van der Waals surface area contributed by atoms with Crippen molar-refractivity contribution in [3.05, 3.63) is 75.4 Å². The van der Waals surface area contributed by atoms with Crippen LogP contribution >= 0.6 is 27.5 Å². The lowest BCUT2D eigenvalue weighted by molar-refractivity contribution is 0.0697. The number of halogens is 2. The Bertz CT molecular complexity index is 1570. The van der Waals surface area contributed by atoms with Crippen LogP contribution in [0.4, 0.5) is 17.3 Å². The summed E-state index contributed by atoms with van der Waals surface area (Å²) in [5.41, 5.74) is 4.58. The first-order valence-corrected chi connectivity index (χ1v) is 11.1. The molecule has 0 saturated carbocycles. The molecule has 0 bridgehead atoms. The second-order valence-corrected chi connectivity index (χ2v) is 8.36. The van der Waals surface area contributed by atoms with E-state index >= 15 is 0 Å². The van der Waals surface area contributed by atoms with Gasteiger partial charge in [-0.15, -0.1) is 0 Å². The Labute approximate surface area is 209 Å². The highest BCUT2D eigenvalue weighted by Gasteiger charge is 2.14. The fourth-order valence-electron chi connectivity index (χ4n) is 3.05. The number of nitrogens with one attached hydrogen (secondary N) is 2. The third-order valence-electron chi connectivity index (χ3n) is 4.69. The highest BCUT2D eigenvalue weighted by atomic mass is 79.9. The van der Waals surface area contributed by atoms with E-state index in [9.17, 15) is 9.90 Å². The normalized spacial score (nSPS) is 11.3. The Morgan fingerprint density at radius 1 is 1.03 bits per heavy atom. The molecule has 0 radical (unpaired) electrons. The molecule has 0 aliphatic rings. The van der Waals surface area contributed by atoms with Gasteiger partial charge in [0.1, 0.15) is 11.5 Å². The molecule has 0 unspecified atom stereocenters. The molecule has 0 saturated heterocycles. The van der Waals surface area contributed by atoms with Gasteiger partial charge in [0.2, 0.25) is 11.3 Å². The van der Waals surface area contributed by atoms with Gasteiger partial charge in [0.05, 0.1) is 16.8 Å². The first-order chi connectivity index (χ1) is 17.0. The van der Waals surface area contributed by atoms with Gasteiger partial charge >= 0.3 is 5.97 Å². The van der Waals surface area contributed by atoms with Crippen molar-refractivity contribution in [3.8, 4) is 11.3 Å². The van der Waals surface area contributed by atoms with E-state index in [-0.39, 0.29) is 27.7 Å². The second kappa shape index (κ2) is 9.52. The molecular weight excluding hydrogens is 542 g/mol. The number of anilines is 3. The first-order valence-electron chi connectivity index (χ1n) is 9.91. The lowest BCUT2D eigenvalue weighted by atomic mass is 10.1. The molecule has 0 amide bonds. The van der Waals surface area contributed by atoms with E-state index in [1.165, 1.54) is 18.3 Å². The summed E-state index contributed by atoms with van der Waals surface area (Å²) < 4.78 is 11.4. The Balaban J connectivity index is 1.37. The van der Waals surface area contributed by atoms with Crippen LogP contribution in [0, 0.1) is 0 Å². The van der Waals surface area contributed by atoms with Crippen molar-refractivity contribution in [1.82, 2.24) is 20.3 Å². The van der Waals surface area contributed by atoms with Gasteiger partial charge in [-0.05, 0) is 64.9 Å². The summed E-state index contributed by atoms with van der Waals surface area (Å²) in [5, 5.41) is 24.2. The number of hydrazone groups is 1. The molecule has 0 aliphatic heterocycles. The molecule has 11 nitrogen and oxygen atoms in total. The number of carboxylic acids is 1. The Morgan fingerprint density at radius 3 is 2.51 bits per heavy atom. The molecule has 0 aliphatic carbocycles. The molecule has 2 aromatic carbocycles. The highest BCUT2D eigenvalue weighted by Crippen LogP contribution is 2.27. The summed E-state index contributed by atoms with van der Waals surface area (Å²) in [6.45, 7) is 0. The van der Waals surface area contributed by atoms with Crippen molar-refractivity contribution < 1.29 is 18.9 Å². The maximum atomic E-state index is 11.3. The van der Waals surface area contributed by atoms with Gasteiger partial charge in [0.15, 0.2) is 11.6 Å². The van der Waals surface area contributed by atoms with Crippen LogP contribution < -0.4 is 10.7 Å².